The fourth-order valence-electron chi connectivity index (χ4n) is 1.75. The SMILES string of the molecule is CCC(C)c1cc(C(F)(F)F)ccc1N(C)C. The molecule has 0 saturated heterocycles. The monoisotopic (exact) mass is 245 g/mol. The van der Waals surface area contributed by atoms with Crippen LogP contribution in [0.4, 0.5) is 18.9 Å². The van der Waals surface area contributed by atoms with Crippen molar-refractivity contribution >= 4 is 5.69 Å². The van der Waals surface area contributed by atoms with E-state index in [0.717, 1.165) is 23.7 Å². The van der Waals surface area contributed by atoms with Crippen molar-refractivity contribution < 1.29 is 13.2 Å². The molecule has 1 atom stereocenters. The second-order valence-corrected chi connectivity index (χ2v) is 4.48. The number of hydrogen-bond acceptors (Lipinski definition) is 1. The summed E-state index contributed by atoms with van der Waals surface area (Å²) in [5, 5.41) is 0. The number of alkyl halides is 3. The lowest BCUT2D eigenvalue weighted by atomic mass is 9.94. The summed E-state index contributed by atoms with van der Waals surface area (Å²) in [6.45, 7) is 3.92. The summed E-state index contributed by atoms with van der Waals surface area (Å²) in [7, 11) is 3.68. The van der Waals surface area contributed by atoms with E-state index in [2.05, 4.69) is 0 Å². The first-order valence-corrected chi connectivity index (χ1v) is 5.65. The first kappa shape index (κ1) is 13.9. The Morgan fingerprint density at radius 1 is 1.24 bits per heavy atom. The molecule has 1 aromatic rings. The van der Waals surface area contributed by atoms with Gasteiger partial charge in [-0.15, -0.1) is 0 Å². The quantitative estimate of drug-likeness (QED) is 0.768. The maximum absolute atomic E-state index is 12.7. The van der Waals surface area contributed by atoms with Crippen molar-refractivity contribution in [3.05, 3.63) is 29.3 Å². The van der Waals surface area contributed by atoms with Gasteiger partial charge in [-0.3, -0.25) is 0 Å². The molecule has 4 heteroatoms. The molecule has 0 N–H and O–H groups in total. The molecular formula is C13H18F3N. The van der Waals surface area contributed by atoms with Crippen LogP contribution in [0.1, 0.15) is 37.3 Å². The summed E-state index contributed by atoms with van der Waals surface area (Å²) < 4.78 is 38.0. The van der Waals surface area contributed by atoms with Gasteiger partial charge >= 0.3 is 6.18 Å². The van der Waals surface area contributed by atoms with Gasteiger partial charge in [0, 0.05) is 19.8 Å². The standard InChI is InChI=1S/C13H18F3N/c1-5-9(2)11-8-10(13(14,15)16)6-7-12(11)17(3)4/h6-9H,5H2,1-4H3. The summed E-state index contributed by atoms with van der Waals surface area (Å²) in [4.78, 5) is 1.85. The minimum Gasteiger partial charge on any atom is -0.377 e. The maximum atomic E-state index is 12.7. The maximum Gasteiger partial charge on any atom is 0.416 e. The Kier molecular flexibility index (Phi) is 4.07. The van der Waals surface area contributed by atoms with Crippen molar-refractivity contribution in [1.82, 2.24) is 0 Å². The van der Waals surface area contributed by atoms with Gasteiger partial charge in [-0.05, 0) is 36.1 Å². The van der Waals surface area contributed by atoms with Crippen molar-refractivity contribution in [2.75, 3.05) is 19.0 Å². The summed E-state index contributed by atoms with van der Waals surface area (Å²) >= 11 is 0. The third-order valence-corrected chi connectivity index (χ3v) is 2.98. The van der Waals surface area contributed by atoms with Gasteiger partial charge in [-0.1, -0.05) is 13.8 Å². The molecule has 0 bridgehead atoms. The van der Waals surface area contributed by atoms with E-state index in [-0.39, 0.29) is 5.92 Å². The van der Waals surface area contributed by atoms with Crippen molar-refractivity contribution in [1.29, 1.82) is 0 Å². The number of halogens is 3. The van der Waals surface area contributed by atoms with E-state index in [9.17, 15) is 13.2 Å². The summed E-state index contributed by atoms with van der Waals surface area (Å²) in [6, 6.07) is 3.95. The van der Waals surface area contributed by atoms with Crippen molar-refractivity contribution in [3.8, 4) is 0 Å². The van der Waals surface area contributed by atoms with E-state index in [1.807, 2.05) is 32.8 Å². The zero-order valence-electron chi connectivity index (χ0n) is 10.6. The van der Waals surface area contributed by atoms with Crippen LogP contribution >= 0.6 is 0 Å². The molecule has 17 heavy (non-hydrogen) atoms. The van der Waals surface area contributed by atoms with Crippen molar-refractivity contribution in [2.24, 2.45) is 0 Å². The van der Waals surface area contributed by atoms with Crippen LogP contribution in [0.15, 0.2) is 18.2 Å². The van der Waals surface area contributed by atoms with E-state index in [0.29, 0.717) is 0 Å². The molecule has 1 rings (SSSR count). The molecule has 0 heterocycles. The highest BCUT2D eigenvalue weighted by molar-refractivity contribution is 5.55. The molecule has 0 aliphatic heterocycles. The molecule has 1 nitrogen and oxygen atoms in total. The van der Waals surface area contributed by atoms with Gasteiger partial charge in [0.2, 0.25) is 0 Å². The molecule has 0 saturated carbocycles. The lowest BCUT2D eigenvalue weighted by Gasteiger charge is -2.22. The number of anilines is 1. The highest BCUT2D eigenvalue weighted by Crippen LogP contribution is 2.36. The number of benzene rings is 1. The van der Waals surface area contributed by atoms with Gasteiger partial charge in [0.1, 0.15) is 0 Å². The van der Waals surface area contributed by atoms with Crippen LogP contribution < -0.4 is 4.90 Å². The highest BCUT2D eigenvalue weighted by atomic mass is 19.4. The van der Waals surface area contributed by atoms with Gasteiger partial charge in [0.05, 0.1) is 5.56 Å². The molecule has 1 aromatic carbocycles. The Morgan fingerprint density at radius 3 is 2.24 bits per heavy atom. The third-order valence-electron chi connectivity index (χ3n) is 2.98. The Morgan fingerprint density at radius 2 is 1.82 bits per heavy atom. The van der Waals surface area contributed by atoms with Gasteiger partial charge < -0.3 is 4.90 Å². The Balaban J connectivity index is 3.29. The zero-order valence-corrected chi connectivity index (χ0v) is 10.6. The average Bonchev–Trinajstić information content (AvgIpc) is 2.25. The predicted octanol–water partition coefficient (Wildman–Crippen LogP) is 4.28. The third kappa shape index (κ3) is 3.14. The van der Waals surface area contributed by atoms with Crippen LogP contribution in [-0.2, 0) is 6.18 Å². The minimum absolute atomic E-state index is 0.120. The van der Waals surface area contributed by atoms with Crippen molar-refractivity contribution in [3.63, 3.8) is 0 Å². The highest BCUT2D eigenvalue weighted by Gasteiger charge is 2.31. The second kappa shape index (κ2) is 4.98. The fourth-order valence-corrected chi connectivity index (χ4v) is 1.75. The molecule has 0 aliphatic carbocycles. The summed E-state index contributed by atoms with van der Waals surface area (Å²) in [5.74, 6) is 0.120. The van der Waals surface area contributed by atoms with Crippen LogP contribution in [0.5, 0.6) is 0 Å². The fraction of sp³-hybridized carbons (Fsp3) is 0.538. The molecule has 0 aliphatic rings. The number of nitrogens with zero attached hydrogens (tertiary/aromatic N) is 1. The van der Waals surface area contributed by atoms with Gasteiger partial charge in [0.25, 0.3) is 0 Å². The van der Waals surface area contributed by atoms with Crippen LogP contribution in [0.25, 0.3) is 0 Å². The van der Waals surface area contributed by atoms with Gasteiger partial charge in [-0.25, -0.2) is 0 Å². The molecule has 0 amide bonds. The first-order chi connectivity index (χ1) is 7.77. The number of hydrogen-bond donors (Lipinski definition) is 0. The van der Waals surface area contributed by atoms with E-state index in [4.69, 9.17) is 0 Å². The molecule has 0 spiro atoms. The summed E-state index contributed by atoms with van der Waals surface area (Å²) in [6.07, 6.45) is -3.45. The van der Waals surface area contributed by atoms with Crippen LogP contribution in [0, 0.1) is 0 Å². The lowest BCUT2D eigenvalue weighted by molar-refractivity contribution is -0.137. The van der Waals surface area contributed by atoms with E-state index in [1.54, 1.807) is 6.07 Å². The van der Waals surface area contributed by atoms with E-state index >= 15 is 0 Å². The zero-order chi connectivity index (χ0) is 13.2. The lowest BCUT2D eigenvalue weighted by Crippen LogP contribution is -2.14. The topological polar surface area (TPSA) is 3.24 Å². The molecule has 0 fully saturated rings. The van der Waals surface area contributed by atoms with E-state index in [1.165, 1.54) is 6.07 Å². The largest absolute Gasteiger partial charge is 0.416 e. The smallest absolute Gasteiger partial charge is 0.377 e. The molecule has 0 radical (unpaired) electrons. The molecule has 0 aromatic heterocycles. The predicted molar refractivity (Wildman–Crippen MR) is 64.5 cm³/mol. The van der Waals surface area contributed by atoms with Crippen LogP contribution in [-0.4, -0.2) is 14.1 Å². The van der Waals surface area contributed by atoms with Gasteiger partial charge in [0.15, 0.2) is 0 Å². The van der Waals surface area contributed by atoms with E-state index < -0.39 is 11.7 Å². The summed E-state index contributed by atoms with van der Waals surface area (Å²) in [5.41, 5.74) is 1.04. The molecule has 96 valence electrons. The number of rotatable bonds is 3. The average molecular weight is 245 g/mol. The minimum atomic E-state index is -4.27. The first-order valence-electron chi connectivity index (χ1n) is 5.65. The Bertz CT molecular complexity index is 383. The molecule has 1 unspecified atom stereocenters. The van der Waals surface area contributed by atoms with Crippen LogP contribution in [0.2, 0.25) is 0 Å². The molecular weight excluding hydrogens is 227 g/mol. The Labute approximate surface area is 100 Å². The normalized spacial score (nSPS) is 13.6. The second-order valence-electron chi connectivity index (χ2n) is 4.48. The Hall–Kier alpha value is -1.19. The van der Waals surface area contributed by atoms with Gasteiger partial charge in [-0.2, -0.15) is 13.2 Å². The van der Waals surface area contributed by atoms with Crippen LogP contribution in [0.3, 0.4) is 0 Å². The van der Waals surface area contributed by atoms with Crippen molar-refractivity contribution in [2.45, 2.75) is 32.4 Å².